The van der Waals surface area contributed by atoms with E-state index in [0.29, 0.717) is 6.42 Å². The molecule has 0 fully saturated rings. The lowest BCUT2D eigenvalue weighted by atomic mass is 10.1. The zero-order valence-electron chi connectivity index (χ0n) is 7.63. The molecular weight excluding hydrogens is 186 g/mol. The van der Waals surface area contributed by atoms with Gasteiger partial charge in [0, 0.05) is 11.1 Å². The number of nitrogens with two attached hydrogens (primary N) is 1. The van der Waals surface area contributed by atoms with Crippen LogP contribution in [0.15, 0.2) is 18.2 Å². The summed E-state index contributed by atoms with van der Waals surface area (Å²) in [5, 5.41) is 9.53. The highest BCUT2D eigenvalue weighted by Gasteiger charge is 2.03. The van der Waals surface area contributed by atoms with Crippen LogP contribution in [0.3, 0.4) is 0 Å². The summed E-state index contributed by atoms with van der Waals surface area (Å²) in [6.45, 7) is 1.97. The van der Waals surface area contributed by atoms with E-state index in [1.807, 2.05) is 25.1 Å². The first kappa shape index (κ1) is 10.5. The van der Waals surface area contributed by atoms with E-state index in [-0.39, 0.29) is 12.6 Å². The van der Waals surface area contributed by atoms with Crippen LogP contribution < -0.4 is 5.73 Å². The van der Waals surface area contributed by atoms with Crippen molar-refractivity contribution >= 4 is 11.6 Å². The van der Waals surface area contributed by atoms with E-state index in [1.54, 1.807) is 0 Å². The molecule has 0 bridgehead atoms. The molecule has 2 nitrogen and oxygen atoms in total. The minimum Gasteiger partial charge on any atom is -0.395 e. The van der Waals surface area contributed by atoms with E-state index in [0.717, 1.165) is 16.1 Å². The molecular formula is C10H14ClNO. The molecule has 1 unspecified atom stereocenters. The Morgan fingerprint density at radius 1 is 1.54 bits per heavy atom. The number of aryl methyl sites for hydroxylation is 1. The third kappa shape index (κ3) is 2.99. The van der Waals surface area contributed by atoms with Crippen molar-refractivity contribution in [2.75, 3.05) is 6.61 Å². The predicted molar refractivity (Wildman–Crippen MR) is 55.0 cm³/mol. The van der Waals surface area contributed by atoms with E-state index < -0.39 is 0 Å². The molecule has 3 N–H and O–H groups in total. The molecule has 0 saturated heterocycles. The Labute approximate surface area is 83.3 Å². The van der Waals surface area contributed by atoms with E-state index in [2.05, 4.69) is 0 Å². The summed E-state index contributed by atoms with van der Waals surface area (Å²) in [6, 6.07) is 5.61. The molecule has 0 aliphatic carbocycles. The Bertz CT molecular complexity index is 288. The van der Waals surface area contributed by atoms with Gasteiger partial charge in [-0.25, -0.2) is 0 Å². The van der Waals surface area contributed by atoms with Gasteiger partial charge in [0.25, 0.3) is 0 Å². The standard InChI is InChI=1S/C10H14ClNO/c1-7-4-8(2-3-10(7)11)5-9(12)6-13/h2-4,9,13H,5-6,12H2,1H3. The SMILES string of the molecule is Cc1cc(CC(N)CO)ccc1Cl. The molecule has 0 saturated carbocycles. The Hall–Kier alpha value is -0.570. The van der Waals surface area contributed by atoms with Crippen molar-refractivity contribution in [1.29, 1.82) is 0 Å². The fourth-order valence-corrected chi connectivity index (χ4v) is 1.32. The van der Waals surface area contributed by atoms with Crippen LogP contribution >= 0.6 is 11.6 Å². The molecule has 1 aromatic carbocycles. The lowest BCUT2D eigenvalue weighted by Crippen LogP contribution is -2.26. The third-order valence-electron chi connectivity index (χ3n) is 1.95. The third-order valence-corrected chi connectivity index (χ3v) is 2.38. The second-order valence-corrected chi connectivity index (χ2v) is 3.64. The minimum atomic E-state index is -0.180. The first-order valence-electron chi connectivity index (χ1n) is 4.25. The van der Waals surface area contributed by atoms with Gasteiger partial charge in [0.05, 0.1) is 6.61 Å². The topological polar surface area (TPSA) is 46.2 Å². The van der Waals surface area contributed by atoms with Crippen molar-refractivity contribution in [2.45, 2.75) is 19.4 Å². The van der Waals surface area contributed by atoms with Gasteiger partial charge < -0.3 is 10.8 Å². The van der Waals surface area contributed by atoms with Crippen LogP contribution in [0.4, 0.5) is 0 Å². The van der Waals surface area contributed by atoms with Crippen LogP contribution in [-0.2, 0) is 6.42 Å². The number of rotatable bonds is 3. The van der Waals surface area contributed by atoms with Crippen molar-refractivity contribution < 1.29 is 5.11 Å². The van der Waals surface area contributed by atoms with Gasteiger partial charge in [-0.15, -0.1) is 0 Å². The molecule has 0 radical (unpaired) electrons. The van der Waals surface area contributed by atoms with Crippen molar-refractivity contribution in [3.8, 4) is 0 Å². The van der Waals surface area contributed by atoms with Crippen LogP contribution in [-0.4, -0.2) is 17.8 Å². The molecule has 72 valence electrons. The maximum atomic E-state index is 8.77. The average Bonchev–Trinajstić information content (AvgIpc) is 2.11. The Morgan fingerprint density at radius 2 is 2.23 bits per heavy atom. The predicted octanol–water partition coefficient (Wildman–Crippen LogP) is 1.51. The van der Waals surface area contributed by atoms with E-state index in [4.69, 9.17) is 22.4 Å². The second-order valence-electron chi connectivity index (χ2n) is 3.23. The van der Waals surface area contributed by atoms with Crippen molar-refractivity contribution in [3.05, 3.63) is 34.3 Å². The highest BCUT2D eigenvalue weighted by molar-refractivity contribution is 6.31. The van der Waals surface area contributed by atoms with E-state index in [9.17, 15) is 0 Å². The van der Waals surface area contributed by atoms with Crippen LogP contribution in [0.1, 0.15) is 11.1 Å². The smallest absolute Gasteiger partial charge is 0.0585 e. The lowest BCUT2D eigenvalue weighted by molar-refractivity contribution is 0.265. The van der Waals surface area contributed by atoms with Crippen molar-refractivity contribution in [1.82, 2.24) is 0 Å². The molecule has 3 heteroatoms. The molecule has 0 spiro atoms. The summed E-state index contributed by atoms with van der Waals surface area (Å²) in [7, 11) is 0. The highest BCUT2D eigenvalue weighted by Crippen LogP contribution is 2.16. The summed E-state index contributed by atoms with van der Waals surface area (Å²) >= 11 is 5.87. The number of benzene rings is 1. The largest absolute Gasteiger partial charge is 0.395 e. The summed E-state index contributed by atoms with van der Waals surface area (Å²) in [6.07, 6.45) is 0.689. The van der Waals surface area contributed by atoms with Crippen LogP contribution in [0.25, 0.3) is 0 Å². The van der Waals surface area contributed by atoms with Crippen LogP contribution in [0.2, 0.25) is 5.02 Å². The molecule has 0 amide bonds. The average molecular weight is 200 g/mol. The van der Waals surface area contributed by atoms with Crippen molar-refractivity contribution in [2.24, 2.45) is 5.73 Å². The van der Waals surface area contributed by atoms with Crippen LogP contribution in [0.5, 0.6) is 0 Å². The molecule has 0 aliphatic heterocycles. The van der Waals surface area contributed by atoms with E-state index in [1.165, 1.54) is 0 Å². The number of hydrogen-bond donors (Lipinski definition) is 2. The molecule has 1 atom stereocenters. The quantitative estimate of drug-likeness (QED) is 0.776. The van der Waals surface area contributed by atoms with Gasteiger partial charge >= 0.3 is 0 Å². The Balaban J connectivity index is 2.73. The maximum Gasteiger partial charge on any atom is 0.0585 e. The number of halogens is 1. The van der Waals surface area contributed by atoms with Gasteiger partial charge in [-0.1, -0.05) is 23.7 Å². The normalized spacial score (nSPS) is 12.9. The van der Waals surface area contributed by atoms with Gasteiger partial charge in [-0.05, 0) is 30.5 Å². The van der Waals surface area contributed by atoms with Crippen LogP contribution in [0, 0.1) is 6.92 Å². The first-order chi connectivity index (χ1) is 6.13. The first-order valence-corrected chi connectivity index (χ1v) is 4.62. The highest BCUT2D eigenvalue weighted by atomic mass is 35.5. The van der Waals surface area contributed by atoms with Gasteiger partial charge in [0.15, 0.2) is 0 Å². The summed E-state index contributed by atoms with van der Waals surface area (Å²) in [5.74, 6) is 0. The monoisotopic (exact) mass is 199 g/mol. The minimum absolute atomic E-state index is 0.0155. The molecule has 1 aromatic rings. The Kier molecular flexibility index (Phi) is 3.72. The molecule has 1 rings (SSSR count). The van der Waals surface area contributed by atoms with E-state index >= 15 is 0 Å². The number of aliphatic hydroxyl groups is 1. The molecule has 0 aromatic heterocycles. The van der Waals surface area contributed by atoms with Gasteiger partial charge in [-0.3, -0.25) is 0 Å². The molecule has 0 heterocycles. The second kappa shape index (κ2) is 4.61. The summed E-state index contributed by atoms with van der Waals surface area (Å²) in [5.41, 5.74) is 7.77. The van der Waals surface area contributed by atoms with Gasteiger partial charge in [-0.2, -0.15) is 0 Å². The fraction of sp³-hybridized carbons (Fsp3) is 0.400. The van der Waals surface area contributed by atoms with Crippen molar-refractivity contribution in [3.63, 3.8) is 0 Å². The Morgan fingerprint density at radius 3 is 2.77 bits per heavy atom. The zero-order valence-corrected chi connectivity index (χ0v) is 8.38. The maximum absolute atomic E-state index is 8.77. The molecule has 13 heavy (non-hydrogen) atoms. The summed E-state index contributed by atoms with van der Waals surface area (Å²) in [4.78, 5) is 0. The fourth-order valence-electron chi connectivity index (χ4n) is 1.20. The number of hydrogen-bond acceptors (Lipinski definition) is 2. The van der Waals surface area contributed by atoms with Gasteiger partial charge in [0.1, 0.15) is 0 Å². The van der Waals surface area contributed by atoms with Gasteiger partial charge in [0.2, 0.25) is 0 Å². The number of aliphatic hydroxyl groups excluding tert-OH is 1. The summed E-state index contributed by atoms with van der Waals surface area (Å²) < 4.78 is 0. The molecule has 0 aliphatic rings. The zero-order chi connectivity index (χ0) is 9.84. The lowest BCUT2D eigenvalue weighted by Gasteiger charge is -2.08.